The Morgan fingerprint density at radius 1 is 1.12 bits per heavy atom. The van der Waals surface area contributed by atoms with Gasteiger partial charge >= 0.3 is 0 Å². The molecule has 0 radical (unpaired) electrons. The lowest BCUT2D eigenvalue weighted by Crippen LogP contribution is -2.36. The van der Waals surface area contributed by atoms with Crippen molar-refractivity contribution in [3.8, 4) is 17.2 Å². The topological polar surface area (TPSA) is 77.1 Å². The smallest absolute Gasteiger partial charge is 0.244 e. The Morgan fingerprint density at radius 2 is 1.85 bits per heavy atom. The lowest BCUT2D eigenvalue weighted by Gasteiger charge is -2.21. The third-order valence-corrected chi connectivity index (χ3v) is 3.96. The minimum Gasteiger partial charge on any atom is -0.497 e. The van der Waals surface area contributed by atoms with Gasteiger partial charge in [-0.1, -0.05) is 6.07 Å². The predicted octanol–water partition coefficient (Wildman–Crippen LogP) is 2.41. The van der Waals surface area contributed by atoms with Crippen molar-refractivity contribution in [2.24, 2.45) is 0 Å². The Morgan fingerprint density at radius 3 is 2.54 bits per heavy atom. The molecule has 7 heteroatoms. The van der Waals surface area contributed by atoms with Crippen LogP contribution >= 0.6 is 0 Å². The lowest BCUT2D eigenvalue weighted by molar-refractivity contribution is -0.133. The first-order chi connectivity index (χ1) is 12.5. The molecule has 7 nitrogen and oxygen atoms in total. The highest BCUT2D eigenvalue weighted by molar-refractivity contribution is 5.94. The fourth-order valence-electron chi connectivity index (χ4n) is 2.59. The first-order valence-electron chi connectivity index (χ1n) is 8.13. The maximum absolute atomic E-state index is 12.3. The van der Waals surface area contributed by atoms with E-state index in [1.54, 1.807) is 37.4 Å². The minimum atomic E-state index is -0.272. The Balaban J connectivity index is 1.62. The van der Waals surface area contributed by atoms with Crippen molar-refractivity contribution < 1.29 is 23.8 Å². The van der Waals surface area contributed by atoms with Crippen LogP contribution in [0.1, 0.15) is 12.5 Å². The van der Waals surface area contributed by atoms with Gasteiger partial charge in [0.05, 0.1) is 7.11 Å². The Labute approximate surface area is 151 Å². The SMILES string of the molecule is COc1ccc(NC(=O)CN(Cc2ccc3c(c2)OCO3)C(C)=O)cc1. The van der Waals surface area contributed by atoms with Crippen LogP contribution < -0.4 is 19.5 Å². The summed E-state index contributed by atoms with van der Waals surface area (Å²) in [5, 5.41) is 2.77. The zero-order valence-electron chi connectivity index (χ0n) is 14.7. The minimum absolute atomic E-state index is 0.0458. The number of amides is 2. The lowest BCUT2D eigenvalue weighted by atomic mass is 10.2. The number of ether oxygens (including phenoxy) is 3. The van der Waals surface area contributed by atoms with Crippen LogP contribution in [0.4, 0.5) is 5.69 Å². The van der Waals surface area contributed by atoms with E-state index < -0.39 is 0 Å². The molecular weight excluding hydrogens is 336 g/mol. The van der Waals surface area contributed by atoms with Gasteiger partial charge in [0.15, 0.2) is 11.5 Å². The molecule has 0 saturated heterocycles. The van der Waals surface area contributed by atoms with E-state index in [2.05, 4.69) is 5.32 Å². The zero-order valence-corrected chi connectivity index (χ0v) is 14.7. The molecule has 0 unspecified atom stereocenters. The molecule has 26 heavy (non-hydrogen) atoms. The molecule has 1 aliphatic heterocycles. The number of anilines is 1. The van der Waals surface area contributed by atoms with Crippen LogP contribution in [-0.2, 0) is 16.1 Å². The highest BCUT2D eigenvalue weighted by Gasteiger charge is 2.17. The molecule has 0 bridgehead atoms. The van der Waals surface area contributed by atoms with Crippen molar-refractivity contribution in [1.29, 1.82) is 0 Å². The van der Waals surface area contributed by atoms with Crippen molar-refractivity contribution in [3.05, 3.63) is 48.0 Å². The van der Waals surface area contributed by atoms with Crippen molar-refractivity contribution in [3.63, 3.8) is 0 Å². The molecule has 0 aliphatic carbocycles. The van der Waals surface area contributed by atoms with E-state index in [1.807, 2.05) is 12.1 Å². The van der Waals surface area contributed by atoms with Gasteiger partial charge in [-0.3, -0.25) is 9.59 Å². The van der Waals surface area contributed by atoms with Gasteiger partial charge in [0.25, 0.3) is 0 Å². The number of fused-ring (bicyclic) bond motifs is 1. The summed E-state index contributed by atoms with van der Waals surface area (Å²) in [6, 6.07) is 12.5. The molecule has 2 aromatic carbocycles. The number of rotatable bonds is 6. The van der Waals surface area contributed by atoms with E-state index in [4.69, 9.17) is 14.2 Å². The molecule has 1 heterocycles. The summed E-state index contributed by atoms with van der Waals surface area (Å²) in [6.45, 7) is 1.89. The highest BCUT2D eigenvalue weighted by atomic mass is 16.7. The molecule has 2 aromatic rings. The van der Waals surface area contributed by atoms with Gasteiger partial charge in [-0.15, -0.1) is 0 Å². The first-order valence-corrected chi connectivity index (χ1v) is 8.13. The number of carbonyl (C=O) groups excluding carboxylic acids is 2. The van der Waals surface area contributed by atoms with Gasteiger partial charge in [-0.05, 0) is 42.0 Å². The van der Waals surface area contributed by atoms with Crippen LogP contribution in [-0.4, -0.2) is 37.2 Å². The average Bonchev–Trinajstić information content (AvgIpc) is 3.09. The number of benzene rings is 2. The van der Waals surface area contributed by atoms with Gasteiger partial charge in [-0.2, -0.15) is 0 Å². The number of hydrogen-bond donors (Lipinski definition) is 1. The maximum Gasteiger partial charge on any atom is 0.244 e. The van der Waals surface area contributed by atoms with Crippen LogP contribution in [0.5, 0.6) is 17.2 Å². The van der Waals surface area contributed by atoms with E-state index in [0.717, 1.165) is 5.56 Å². The summed E-state index contributed by atoms with van der Waals surface area (Å²) in [7, 11) is 1.58. The zero-order chi connectivity index (χ0) is 18.5. The Hall–Kier alpha value is -3.22. The summed E-state index contributed by atoms with van der Waals surface area (Å²) < 4.78 is 15.7. The first kappa shape index (κ1) is 17.6. The van der Waals surface area contributed by atoms with Crippen LogP contribution in [0.2, 0.25) is 0 Å². The predicted molar refractivity (Wildman–Crippen MR) is 95.3 cm³/mol. The Bertz CT molecular complexity index is 804. The van der Waals surface area contributed by atoms with Crippen LogP contribution in [0, 0.1) is 0 Å². The van der Waals surface area contributed by atoms with Crippen molar-refractivity contribution in [1.82, 2.24) is 4.90 Å². The van der Waals surface area contributed by atoms with E-state index >= 15 is 0 Å². The standard InChI is InChI=1S/C19H20N2O5/c1-13(22)21(10-14-3-8-17-18(9-14)26-12-25-17)11-19(23)20-15-4-6-16(24-2)7-5-15/h3-9H,10-12H2,1-2H3,(H,20,23). The largest absolute Gasteiger partial charge is 0.497 e. The van der Waals surface area contributed by atoms with Gasteiger partial charge in [0.1, 0.15) is 12.3 Å². The summed E-state index contributed by atoms with van der Waals surface area (Å²) in [4.78, 5) is 25.7. The molecule has 0 fully saturated rings. The summed E-state index contributed by atoms with van der Waals surface area (Å²) >= 11 is 0. The fourth-order valence-corrected chi connectivity index (χ4v) is 2.59. The molecule has 136 valence electrons. The molecular formula is C19H20N2O5. The van der Waals surface area contributed by atoms with Crippen LogP contribution in [0.15, 0.2) is 42.5 Å². The summed E-state index contributed by atoms with van der Waals surface area (Å²) in [5.74, 6) is 1.57. The van der Waals surface area contributed by atoms with E-state index in [1.165, 1.54) is 11.8 Å². The number of methoxy groups -OCH3 is 1. The summed E-state index contributed by atoms with van der Waals surface area (Å²) in [6.07, 6.45) is 0. The van der Waals surface area contributed by atoms with Gasteiger partial charge in [0.2, 0.25) is 18.6 Å². The van der Waals surface area contributed by atoms with Crippen LogP contribution in [0.25, 0.3) is 0 Å². The third kappa shape index (κ3) is 4.24. The van der Waals surface area contributed by atoms with Crippen molar-refractivity contribution in [2.45, 2.75) is 13.5 Å². The molecule has 3 rings (SSSR count). The average molecular weight is 356 g/mol. The van der Waals surface area contributed by atoms with Gasteiger partial charge < -0.3 is 24.4 Å². The maximum atomic E-state index is 12.3. The number of nitrogens with zero attached hydrogens (tertiary/aromatic N) is 1. The second-order valence-electron chi connectivity index (χ2n) is 5.84. The number of hydrogen-bond acceptors (Lipinski definition) is 5. The molecule has 1 N–H and O–H groups in total. The molecule has 0 atom stereocenters. The number of nitrogens with one attached hydrogen (secondary N) is 1. The van der Waals surface area contributed by atoms with Crippen molar-refractivity contribution in [2.75, 3.05) is 25.8 Å². The van der Waals surface area contributed by atoms with E-state index in [0.29, 0.717) is 29.5 Å². The van der Waals surface area contributed by atoms with Gasteiger partial charge in [0, 0.05) is 19.2 Å². The molecule has 2 amide bonds. The van der Waals surface area contributed by atoms with E-state index in [9.17, 15) is 9.59 Å². The molecule has 0 saturated carbocycles. The highest BCUT2D eigenvalue weighted by Crippen LogP contribution is 2.32. The molecule has 0 spiro atoms. The van der Waals surface area contributed by atoms with Gasteiger partial charge in [-0.25, -0.2) is 0 Å². The Kier molecular flexibility index (Phi) is 5.26. The van der Waals surface area contributed by atoms with E-state index in [-0.39, 0.29) is 25.2 Å². The second-order valence-corrected chi connectivity index (χ2v) is 5.84. The quantitative estimate of drug-likeness (QED) is 0.860. The fraction of sp³-hybridized carbons (Fsp3) is 0.263. The number of carbonyl (C=O) groups is 2. The normalized spacial score (nSPS) is 11.8. The van der Waals surface area contributed by atoms with Crippen LogP contribution in [0.3, 0.4) is 0 Å². The molecule has 1 aliphatic rings. The monoisotopic (exact) mass is 356 g/mol. The third-order valence-electron chi connectivity index (χ3n) is 3.96. The van der Waals surface area contributed by atoms with Crippen molar-refractivity contribution >= 4 is 17.5 Å². The summed E-state index contributed by atoms with van der Waals surface area (Å²) in [5.41, 5.74) is 1.50. The second kappa shape index (κ2) is 7.77. The molecule has 0 aromatic heterocycles.